The van der Waals surface area contributed by atoms with Crippen molar-refractivity contribution in [3.8, 4) is 0 Å². The molecular formula is C32H56O2. The minimum Gasteiger partial charge on any atom is -0.465 e. The molecule has 2 unspecified atom stereocenters. The fourth-order valence-electron chi connectivity index (χ4n) is 9.97. The first kappa shape index (κ1) is 26.5. The number of hydrogen-bond acceptors (Lipinski definition) is 2. The summed E-state index contributed by atoms with van der Waals surface area (Å²) in [6.45, 7) is 13.0. The molecule has 0 N–H and O–H groups in total. The fourth-order valence-corrected chi connectivity index (χ4v) is 9.97. The van der Waals surface area contributed by atoms with Gasteiger partial charge in [0, 0.05) is 6.42 Å². The molecule has 2 heteroatoms. The highest BCUT2D eigenvalue weighted by Gasteiger charge is 2.60. The molecule has 0 aromatic carbocycles. The maximum Gasteiger partial charge on any atom is 0.305 e. The van der Waals surface area contributed by atoms with E-state index in [1.165, 1.54) is 77.0 Å². The maximum atomic E-state index is 11.8. The van der Waals surface area contributed by atoms with Gasteiger partial charge in [-0.2, -0.15) is 0 Å². The van der Waals surface area contributed by atoms with Crippen LogP contribution in [0, 0.1) is 52.3 Å². The molecule has 4 fully saturated rings. The van der Waals surface area contributed by atoms with Crippen molar-refractivity contribution in [2.45, 2.75) is 137 Å². The lowest BCUT2D eigenvalue weighted by molar-refractivity contribution is -0.145. The van der Waals surface area contributed by atoms with Crippen LogP contribution in [0.2, 0.25) is 0 Å². The van der Waals surface area contributed by atoms with Gasteiger partial charge in [-0.1, -0.05) is 66.7 Å². The van der Waals surface area contributed by atoms with Gasteiger partial charge in [-0.05, 0) is 116 Å². The Balaban J connectivity index is 1.27. The monoisotopic (exact) mass is 472 g/mol. The summed E-state index contributed by atoms with van der Waals surface area (Å²) in [5.74, 6) is 6.35. The summed E-state index contributed by atoms with van der Waals surface area (Å²) in [6.07, 6.45) is 21.6. The van der Waals surface area contributed by atoms with Crippen LogP contribution in [-0.4, -0.2) is 12.6 Å². The van der Waals surface area contributed by atoms with E-state index in [1.807, 2.05) is 0 Å². The van der Waals surface area contributed by atoms with Crippen LogP contribution in [0.15, 0.2) is 0 Å². The lowest BCUT2D eigenvalue weighted by atomic mass is 9.44. The molecule has 4 saturated carbocycles. The highest BCUT2D eigenvalue weighted by Crippen LogP contribution is 2.68. The van der Waals surface area contributed by atoms with E-state index in [0.717, 1.165) is 48.3 Å². The van der Waals surface area contributed by atoms with Gasteiger partial charge in [0.1, 0.15) is 0 Å². The maximum absolute atomic E-state index is 11.8. The predicted octanol–water partition coefficient (Wildman–Crippen LogP) is 9.21. The minimum absolute atomic E-state index is 0.00119. The molecule has 9 atom stereocenters. The van der Waals surface area contributed by atoms with E-state index in [0.29, 0.717) is 29.8 Å². The van der Waals surface area contributed by atoms with Crippen LogP contribution >= 0.6 is 0 Å². The first-order valence-corrected chi connectivity index (χ1v) is 15.4. The average molecular weight is 473 g/mol. The van der Waals surface area contributed by atoms with E-state index in [9.17, 15) is 4.79 Å². The molecule has 0 aliphatic heterocycles. The molecular weight excluding hydrogens is 416 g/mol. The van der Waals surface area contributed by atoms with Gasteiger partial charge in [0.15, 0.2) is 0 Å². The quantitative estimate of drug-likeness (QED) is 0.296. The van der Waals surface area contributed by atoms with E-state index >= 15 is 0 Å². The number of esters is 1. The van der Waals surface area contributed by atoms with Crippen molar-refractivity contribution in [2.75, 3.05) is 6.61 Å². The number of ether oxygens (including phenoxy) is 1. The summed E-state index contributed by atoms with van der Waals surface area (Å²) in [5.41, 5.74) is 1.27. The molecule has 0 aromatic rings. The number of carbonyl (C=O) groups excluding carboxylic acids is 1. The highest BCUT2D eigenvalue weighted by molar-refractivity contribution is 5.69. The van der Waals surface area contributed by atoms with Gasteiger partial charge in [-0.3, -0.25) is 4.79 Å². The molecule has 4 aliphatic carbocycles. The number of hydrogen-bond donors (Lipinski definition) is 0. The van der Waals surface area contributed by atoms with Crippen LogP contribution < -0.4 is 0 Å². The van der Waals surface area contributed by atoms with E-state index < -0.39 is 0 Å². The molecule has 0 bridgehead atoms. The molecule has 34 heavy (non-hydrogen) atoms. The molecule has 4 aliphatic rings. The minimum atomic E-state index is -0.00119. The zero-order valence-electron chi connectivity index (χ0n) is 23.4. The summed E-state index contributed by atoms with van der Waals surface area (Å²) in [4.78, 5) is 11.8. The Kier molecular flexibility index (Phi) is 8.78. The standard InChI is InChI=1S/C32H56O2/c1-6-7-14-30(33)34-22-23(2)11-10-12-24(3)27-17-18-28-26-16-15-25-13-8-9-20-31(25,4)29(26)19-21-32(27,28)5/h23-29H,6-22H2,1-5H3/t23?,24-,25?,26+,27-,28+,29+,31+,32-/m1/s1. The van der Waals surface area contributed by atoms with Gasteiger partial charge in [-0.15, -0.1) is 0 Å². The molecule has 0 aromatic heterocycles. The molecule has 0 radical (unpaired) electrons. The van der Waals surface area contributed by atoms with Crippen molar-refractivity contribution in [3.63, 3.8) is 0 Å². The normalized spacial score (nSPS) is 41.1. The second-order valence-corrected chi connectivity index (χ2v) is 13.9. The molecule has 0 saturated heterocycles. The summed E-state index contributed by atoms with van der Waals surface area (Å²) >= 11 is 0. The van der Waals surface area contributed by atoms with E-state index in [-0.39, 0.29) is 5.97 Å². The topological polar surface area (TPSA) is 26.3 Å². The first-order valence-electron chi connectivity index (χ1n) is 15.4. The zero-order valence-corrected chi connectivity index (χ0v) is 23.4. The van der Waals surface area contributed by atoms with Crippen molar-refractivity contribution in [3.05, 3.63) is 0 Å². The van der Waals surface area contributed by atoms with Gasteiger partial charge in [-0.25, -0.2) is 0 Å². The summed E-state index contributed by atoms with van der Waals surface area (Å²) in [7, 11) is 0. The third-order valence-corrected chi connectivity index (χ3v) is 12.0. The number of fused-ring (bicyclic) bond motifs is 5. The van der Waals surface area contributed by atoms with Crippen molar-refractivity contribution in [2.24, 2.45) is 52.3 Å². The van der Waals surface area contributed by atoms with Crippen molar-refractivity contribution >= 4 is 5.97 Å². The summed E-state index contributed by atoms with van der Waals surface area (Å²) in [5, 5.41) is 0. The third kappa shape index (κ3) is 5.27. The molecule has 2 nitrogen and oxygen atoms in total. The highest BCUT2D eigenvalue weighted by atomic mass is 16.5. The number of rotatable bonds is 10. The molecule has 0 spiro atoms. The Hall–Kier alpha value is -0.530. The second-order valence-electron chi connectivity index (χ2n) is 13.9. The summed E-state index contributed by atoms with van der Waals surface area (Å²) < 4.78 is 5.51. The average Bonchev–Trinajstić information content (AvgIpc) is 3.18. The van der Waals surface area contributed by atoms with Crippen LogP contribution in [0.1, 0.15) is 137 Å². The second kappa shape index (κ2) is 11.2. The Morgan fingerprint density at radius 3 is 2.47 bits per heavy atom. The smallest absolute Gasteiger partial charge is 0.305 e. The van der Waals surface area contributed by atoms with Crippen LogP contribution in [0.25, 0.3) is 0 Å². The van der Waals surface area contributed by atoms with Crippen molar-refractivity contribution in [1.29, 1.82) is 0 Å². The predicted molar refractivity (Wildman–Crippen MR) is 142 cm³/mol. The summed E-state index contributed by atoms with van der Waals surface area (Å²) in [6, 6.07) is 0. The molecule has 4 rings (SSSR count). The molecule has 196 valence electrons. The Morgan fingerprint density at radius 1 is 0.882 bits per heavy atom. The Morgan fingerprint density at radius 2 is 1.68 bits per heavy atom. The van der Waals surface area contributed by atoms with Gasteiger partial charge in [0.25, 0.3) is 0 Å². The first-order chi connectivity index (χ1) is 16.3. The molecule has 0 heterocycles. The number of carbonyl (C=O) groups is 1. The van der Waals surface area contributed by atoms with Gasteiger partial charge in [0.05, 0.1) is 6.61 Å². The fraction of sp³-hybridized carbons (Fsp3) is 0.969. The van der Waals surface area contributed by atoms with E-state index in [2.05, 4.69) is 34.6 Å². The molecule has 0 amide bonds. The Labute approximate surface area is 211 Å². The van der Waals surface area contributed by atoms with Crippen LogP contribution in [0.5, 0.6) is 0 Å². The van der Waals surface area contributed by atoms with E-state index in [4.69, 9.17) is 4.74 Å². The van der Waals surface area contributed by atoms with E-state index in [1.54, 1.807) is 6.42 Å². The lowest BCUT2D eigenvalue weighted by Gasteiger charge is -2.61. The van der Waals surface area contributed by atoms with Gasteiger partial charge >= 0.3 is 5.97 Å². The van der Waals surface area contributed by atoms with Crippen molar-refractivity contribution in [1.82, 2.24) is 0 Å². The lowest BCUT2D eigenvalue weighted by Crippen LogP contribution is -2.53. The van der Waals surface area contributed by atoms with Crippen LogP contribution in [-0.2, 0) is 9.53 Å². The van der Waals surface area contributed by atoms with Crippen molar-refractivity contribution < 1.29 is 9.53 Å². The Bertz CT molecular complexity index is 672. The van der Waals surface area contributed by atoms with Crippen LogP contribution in [0.3, 0.4) is 0 Å². The van der Waals surface area contributed by atoms with Crippen LogP contribution in [0.4, 0.5) is 0 Å². The largest absolute Gasteiger partial charge is 0.465 e. The van der Waals surface area contributed by atoms with Gasteiger partial charge in [0.2, 0.25) is 0 Å². The SMILES string of the molecule is CCCCC(=O)OCC(C)CCC[C@@H](C)[C@H]1CC[C@H]2[C@@H]3CCC4CCCC[C@]4(C)[C@H]3CC[C@]12C. The number of unbranched alkanes of at least 4 members (excludes halogenated alkanes) is 1. The van der Waals surface area contributed by atoms with Gasteiger partial charge < -0.3 is 4.74 Å². The third-order valence-electron chi connectivity index (χ3n) is 12.0. The zero-order chi connectivity index (χ0) is 24.3.